The third-order valence-electron chi connectivity index (χ3n) is 2.59. The number of carbonyl (C=O) groups excluding carboxylic acids is 2. The molecule has 0 aromatic heterocycles. The summed E-state index contributed by atoms with van der Waals surface area (Å²) < 4.78 is 4.92. The van der Waals surface area contributed by atoms with Crippen molar-refractivity contribution in [2.24, 2.45) is 11.8 Å². The van der Waals surface area contributed by atoms with Crippen molar-refractivity contribution in [3.63, 3.8) is 0 Å². The van der Waals surface area contributed by atoms with E-state index in [0.29, 0.717) is 6.61 Å². The summed E-state index contributed by atoms with van der Waals surface area (Å²) in [6, 6.07) is 0. The molecule has 0 radical (unpaired) electrons. The second kappa shape index (κ2) is 7.43. The molecule has 1 atom stereocenters. The van der Waals surface area contributed by atoms with Crippen LogP contribution >= 0.6 is 0 Å². The largest absolute Gasteiger partial charge is 0.465 e. The predicted octanol–water partition coefficient (Wildman–Crippen LogP) is 2.58. The number of hydrogen-bond donors (Lipinski definition) is 0. The van der Waals surface area contributed by atoms with Crippen LogP contribution in [0.5, 0.6) is 0 Å². The molecule has 0 unspecified atom stereocenters. The molecule has 88 valence electrons. The molecule has 0 bridgehead atoms. The summed E-state index contributed by atoms with van der Waals surface area (Å²) >= 11 is 0. The van der Waals surface area contributed by atoms with Gasteiger partial charge in [0.05, 0.1) is 6.61 Å². The number of Topliss-reactive ketones (excluding diaryl/α,β-unsaturated/α-hetero) is 1. The quantitative estimate of drug-likeness (QED) is 0.371. The van der Waals surface area contributed by atoms with Gasteiger partial charge in [0.1, 0.15) is 12.2 Å². The molecule has 0 aromatic carbocycles. The second-order valence-electron chi connectivity index (χ2n) is 4.25. The molecule has 0 spiro atoms. The Morgan fingerprint density at radius 1 is 1.20 bits per heavy atom. The Morgan fingerprint density at radius 3 is 2.27 bits per heavy atom. The summed E-state index contributed by atoms with van der Waals surface area (Å²) in [5.41, 5.74) is 0. The lowest BCUT2D eigenvalue weighted by atomic mass is 9.92. The van der Waals surface area contributed by atoms with E-state index in [0.717, 1.165) is 12.8 Å². The number of ether oxygens (including phenoxy) is 1. The van der Waals surface area contributed by atoms with Gasteiger partial charge in [-0.05, 0) is 12.3 Å². The predicted molar refractivity (Wildman–Crippen MR) is 59.5 cm³/mol. The first-order valence-corrected chi connectivity index (χ1v) is 5.67. The molecule has 0 aliphatic rings. The summed E-state index contributed by atoms with van der Waals surface area (Å²) in [5.74, 6) is -0.197. The molecular formula is C12H22O3. The maximum atomic E-state index is 11.5. The molecule has 0 heterocycles. The standard InChI is InChI=1S/C12H22O3/c1-5-6-7-15-12(14)8-11(13)10(4)9(2)3/h9-10H,5-8H2,1-4H3/t10-/m0/s1. The molecule has 0 amide bonds. The minimum absolute atomic E-state index is 0.0218. The van der Waals surface area contributed by atoms with Gasteiger partial charge in [-0.3, -0.25) is 9.59 Å². The van der Waals surface area contributed by atoms with E-state index in [4.69, 9.17) is 4.74 Å². The van der Waals surface area contributed by atoms with E-state index in [1.807, 2.05) is 27.7 Å². The van der Waals surface area contributed by atoms with Gasteiger partial charge in [-0.25, -0.2) is 0 Å². The van der Waals surface area contributed by atoms with Crippen LogP contribution in [0.1, 0.15) is 47.0 Å². The van der Waals surface area contributed by atoms with Gasteiger partial charge in [-0.15, -0.1) is 0 Å². The normalized spacial score (nSPS) is 12.6. The van der Waals surface area contributed by atoms with Crippen LogP contribution in [0.25, 0.3) is 0 Å². The zero-order valence-electron chi connectivity index (χ0n) is 10.2. The molecule has 15 heavy (non-hydrogen) atoms. The Morgan fingerprint density at radius 2 is 1.80 bits per heavy atom. The van der Waals surface area contributed by atoms with Gasteiger partial charge in [0, 0.05) is 5.92 Å². The molecule has 0 aliphatic heterocycles. The van der Waals surface area contributed by atoms with E-state index < -0.39 is 0 Å². The van der Waals surface area contributed by atoms with Crippen LogP contribution in [0.15, 0.2) is 0 Å². The molecule has 0 aliphatic carbocycles. The van der Waals surface area contributed by atoms with Crippen molar-refractivity contribution in [3.8, 4) is 0 Å². The average molecular weight is 214 g/mol. The average Bonchev–Trinajstić information content (AvgIpc) is 2.16. The highest BCUT2D eigenvalue weighted by Crippen LogP contribution is 2.12. The molecule has 0 aromatic rings. The Balaban J connectivity index is 3.81. The second-order valence-corrected chi connectivity index (χ2v) is 4.25. The van der Waals surface area contributed by atoms with Crippen LogP contribution in [0, 0.1) is 11.8 Å². The van der Waals surface area contributed by atoms with Gasteiger partial charge in [0.15, 0.2) is 0 Å². The molecule has 3 heteroatoms. The number of ketones is 1. The smallest absolute Gasteiger partial charge is 0.313 e. The van der Waals surface area contributed by atoms with Gasteiger partial charge in [0.25, 0.3) is 0 Å². The Labute approximate surface area is 92.2 Å². The topological polar surface area (TPSA) is 43.4 Å². The number of hydrogen-bond acceptors (Lipinski definition) is 3. The van der Waals surface area contributed by atoms with Gasteiger partial charge < -0.3 is 4.74 Å². The SMILES string of the molecule is CCCCOC(=O)CC(=O)[C@@H](C)C(C)C. The highest BCUT2D eigenvalue weighted by atomic mass is 16.5. The maximum absolute atomic E-state index is 11.5. The molecule has 0 saturated heterocycles. The van der Waals surface area contributed by atoms with Gasteiger partial charge in [0.2, 0.25) is 0 Å². The summed E-state index contributed by atoms with van der Waals surface area (Å²) in [6.45, 7) is 8.26. The molecule has 0 saturated carbocycles. The third-order valence-corrected chi connectivity index (χ3v) is 2.59. The monoisotopic (exact) mass is 214 g/mol. The van der Waals surface area contributed by atoms with E-state index in [1.165, 1.54) is 0 Å². The molecule has 0 N–H and O–H groups in total. The zero-order valence-corrected chi connectivity index (χ0v) is 10.2. The van der Waals surface area contributed by atoms with E-state index >= 15 is 0 Å². The number of carbonyl (C=O) groups is 2. The minimum Gasteiger partial charge on any atom is -0.465 e. The summed E-state index contributed by atoms with van der Waals surface area (Å²) in [7, 11) is 0. The number of unbranched alkanes of at least 4 members (excludes halogenated alkanes) is 1. The minimum atomic E-state index is -0.388. The molecule has 0 rings (SSSR count). The van der Waals surface area contributed by atoms with Crippen molar-refractivity contribution in [1.29, 1.82) is 0 Å². The first-order valence-electron chi connectivity index (χ1n) is 5.67. The third kappa shape index (κ3) is 6.26. The van der Waals surface area contributed by atoms with E-state index in [2.05, 4.69) is 0 Å². The van der Waals surface area contributed by atoms with Crippen molar-refractivity contribution >= 4 is 11.8 Å². The first-order chi connectivity index (χ1) is 6.99. The van der Waals surface area contributed by atoms with Crippen LogP contribution in [0.3, 0.4) is 0 Å². The number of esters is 1. The highest BCUT2D eigenvalue weighted by molar-refractivity contribution is 5.96. The van der Waals surface area contributed by atoms with E-state index in [9.17, 15) is 9.59 Å². The van der Waals surface area contributed by atoms with Crippen molar-refractivity contribution < 1.29 is 14.3 Å². The fourth-order valence-electron chi connectivity index (χ4n) is 1.06. The highest BCUT2D eigenvalue weighted by Gasteiger charge is 2.19. The zero-order chi connectivity index (χ0) is 11.8. The van der Waals surface area contributed by atoms with Crippen molar-refractivity contribution in [3.05, 3.63) is 0 Å². The van der Waals surface area contributed by atoms with E-state index in [1.54, 1.807) is 0 Å². The molecule has 3 nitrogen and oxygen atoms in total. The summed E-state index contributed by atoms with van der Waals surface area (Å²) in [5, 5.41) is 0. The summed E-state index contributed by atoms with van der Waals surface area (Å²) in [6.07, 6.45) is 1.77. The first kappa shape index (κ1) is 14.1. The fourth-order valence-corrected chi connectivity index (χ4v) is 1.06. The van der Waals surface area contributed by atoms with Gasteiger partial charge >= 0.3 is 5.97 Å². The van der Waals surface area contributed by atoms with Gasteiger partial charge in [-0.1, -0.05) is 34.1 Å². The Bertz CT molecular complexity index is 209. The number of rotatable bonds is 7. The lowest BCUT2D eigenvalue weighted by Crippen LogP contribution is -2.21. The lowest BCUT2D eigenvalue weighted by molar-refractivity contribution is -0.147. The molecular weight excluding hydrogens is 192 g/mol. The van der Waals surface area contributed by atoms with Crippen LogP contribution < -0.4 is 0 Å². The Kier molecular flexibility index (Phi) is 7.01. The van der Waals surface area contributed by atoms with Crippen LogP contribution in [-0.4, -0.2) is 18.4 Å². The van der Waals surface area contributed by atoms with Crippen LogP contribution in [0.2, 0.25) is 0 Å². The van der Waals surface area contributed by atoms with Crippen molar-refractivity contribution in [2.45, 2.75) is 47.0 Å². The molecule has 0 fully saturated rings. The lowest BCUT2D eigenvalue weighted by Gasteiger charge is -2.13. The van der Waals surface area contributed by atoms with Crippen molar-refractivity contribution in [2.75, 3.05) is 6.61 Å². The van der Waals surface area contributed by atoms with Crippen LogP contribution in [0.4, 0.5) is 0 Å². The van der Waals surface area contributed by atoms with Crippen molar-refractivity contribution in [1.82, 2.24) is 0 Å². The fraction of sp³-hybridized carbons (Fsp3) is 0.833. The van der Waals surface area contributed by atoms with Gasteiger partial charge in [-0.2, -0.15) is 0 Å². The Hall–Kier alpha value is -0.860. The summed E-state index contributed by atoms with van der Waals surface area (Å²) in [4.78, 5) is 22.7. The van der Waals surface area contributed by atoms with E-state index in [-0.39, 0.29) is 30.0 Å². The van der Waals surface area contributed by atoms with Crippen LogP contribution in [-0.2, 0) is 14.3 Å². The maximum Gasteiger partial charge on any atom is 0.313 e.